The highest BCUT2D eigenvalue weighted by molar-refractivity contribution is 7.91. The number of nitrogens with zero attached hydrogens (tertiary/aromatic N) is 3. The van der Waals surface area contributed by atoms with Crippen LogP contribution in [0.1, 0.15) is 152 Å². The Morgan fingerprint density at radius 2 is 0.884 bits per heavy atom. The molecule has 1 fully saturated rings. The number of carboxylic acids is 1. The van der Waals surface area contributed by atoms with Crippen LogP contribution >= 0.6 is 69.6 Å². The number of Topliss-reactive ketones (excluding diaryl/α,β-unsaturated/α-hetero) is 1. The molecular formula is C86H110Cl6N8O18S3. The van der Waals surface area contributed by atoms with Gasteiger partial charge in [-0.15, -0.1) is 0 Å². The van der Waals surface area contributed by atoms with E-state index in [4.69, 9.17) is 98.0 Å². The maximum absolute atomic E-state index is 14.5. The van der Waals surface area contributed by atoms with Crippen LogP contribution in [0.2, 0.25) is 30.1 Å². The number of carboxylic acid groups (broad SMARTS) is 1. The number of ether oxygens (including phenoxy) is 6. The van der Waals surface area contributed by atoms with Crippen molar-refractivity contribution in [3.63, 3.8) is 0 Å². The average molecular weight is 1850 g/mol. The number of aliphatic carboxylic acids is 1. The zero-order chi connectivity index (χ0) is 86.9. The van der Waals surface area contributed by atoms with E-state index in [1.54, 1.807) is 60.7 Å². The van der Waals surface area contributed by atoms with Crippen molar-refractivity contribution in [2.75, 3.05) is 157 Å². The lowest BCUT2D eigenvalue weighted by Crippen LogP contribution is -2.53. The molecule has 0 bridgehead atoms. The van der Waals surface area contributed by atoms with Gasteiger partial charge in [-0.25, -0.2) is 34.7 Å². The molecule has 6 N–H and O–H groups in total. The Morgan fingerprint density at radius 3 is 1.38 bits per heavy atom. The number of likely N-dealkylation sites (N-methyl/N-ethyl adjacent to an activating group) is 2. The highest BCUT2D eigenvalue weighted by atomic mass is 35.5. The first-order chi connectivity index (χ1) is 57.9. The number of carbonyl (C=O) groups excluding carboxylic acids is 4. The first-order valence-corrected chi connectivity index (χ1v) is 47.9. The van der Waals surface area contributed by atoms with E-state index in [-0.39, 0.29) is 207 Å². The number of fused-ring (bicyclic) bond motifs is 3. The van der Waals surface area contributed by atoms with Crippen molar-refractivity contribution in [1.82, 2.24) is 35.2 Å². The fraction of sp³-hybridized carbons (Fsp3) is 0.523. The van der Waals surface area contributed by atoms with Gasteiger partial charge in [0.1, 0.15) is 5.78 Å². The van der Waals surface area contributed by atoms with Gasteiger partial charge in [0.2, 0.25) is 37.8 Å². The fourth-order valence-electron chi connectivity index (χ4n) is 16.2. The van der Waals surface area contributed by atoms with E-state index in [1.165, 1.54) is 12.1 Å². The van der Waals surface area contributed by atoms with E-state index >= 15 is 0 Å². The number of hydrogen-bond donors (Lipinski definition) is 6. The molecule has 1 saturated carbocycles. The third kappa shape index (κ3) is 28.7. The van der Waals surface area contributed by atoms with Gasteiger partial charge in [0.25, 0.3) is 0 Å². The second kappa shape index (κ2) is 46.9. The third-order valence-electron chi connectivity index (χ3n) is 22.4. The van der Waals surface area contributed by atoms with Gasteiger partial charge in [-0.3, -0.25) is 24.0 Å². The zero-order valence-corrected chi connectivity index (χ0v) is 75.4. The molecule has 3 aliphatic heterocycles. The number of sulfone groups is 1. The van der Waals surface area contributed by atoms with Gasteiger partial charge in [0.15, 0.2) is 9.84 Å². The number of carbonyl (C=O) groups is 5. The summed E-state index contributed by atoms with van der Waals surface area (Å²) in [5.41, 5.74) is 6.72. The monoisotopic (exact) mass is 1850 g/mol. The van der Waals surface area contributed by atoms with Crippen molar-refractivity contribution in [3.05, 3.63) is 184 Å². The van der Waals surface area contributed by atoms with Crippen molar-refractivity contribution in [1.29, 1.82) is 0 Å². The highest BCUT2D eigenvalue weighted by Crippen LogP contribution is 2.46. The molecule has 0 radical (unpaired) electrons. The summed E-state index contributed by atoms with van der Waals surface area (Å²) in [6.07, 6.45) is 2.71. The SMILES string of the molecule is CN1Cc2c(Cl)cc(Cl)cc2[C@H](c2cccc(S(=O)(=O)CCCOCCOCCNC(=O)CCC(CCC(=O)CCCOCCOCCNS(=O)(=O)c3cccc([C@@H]4CN(C)Cc5c(Cl)cc(Cl)cc54)c3)(CCC(=O)NCCOCCOCCNS(=O)(=O)c3cccc([C@@H]4CCN(C)c5c(Cl)cc(Cl)cc54)c3)NC(=O)[C@H]3CCCC[C@@H]3C(=O)O)c2)C1. The second-order valence-corrected chi connectivity index (χ2v) is 39.5. The van der Waals surface area contributed by atoms with Crippen molar-refractivity contribution < 1.29 is 82.8 Å². The van der Waals surface area contributed by atoms with Crippen molar-refractivity contribution in [3.8, 4) is 0 Å². The number of sulfonamides is 2. The largest absolute Gasteiger partial charge is 0.481 e. The van der Waals surface area contributed by atoms with E-state index in [0.29, 0.717) is 88.5 Å². The summed E-state index contributed by atoms with van der Waals surface area (Å²) >= 11 is 39.0. The van der Waals surface area contributed by atoms with E-state index in [2.05, 4.69) is 40.1 Å². The molecular weight excluding hydrogens is 1740 g/mol. The molecule has 10 rings (SSSR count). The minimum Gasteiger partial charge on any atom is -0.481 e. The molecule has 0 spiro atoms. The van der Waals surface area contributed by atoms with Crippen LogP contribution in [0.5, 0.6) is 0 Å². The molecule has 0 saturated heterocycles. The Morgan fingerprint density at radius 1 is 0.463 bits per heavy atom. The summed E-state index contributed by atoms with van der Waals surface area (Å²) in [6, 6.07) is 31.3. The number of amides is 3. The zero-order valence-electron chi connectivity index (χ0n) is 68.5. The lowest BCUT2D eigenvalue weighted by Gasteiger charge is -2.38. The van der Waals surface area contributed by atoms with Gasteiger partial charge >= 0.3 is 5.97 Å². The fourth-order valence-corrected chi connectivity index (χ4v) is 21.5. The van der Waals surface area contributed by atoms with Crippen LogP contribution in [-0.2, 0) is 95.4 Å². The van der Waals surface area contributed by atoms with Gasteiger partial charge in [0, 0.05) is 153 Å². The predicted molar refractivity (Wildman–Crippen MR) is 469 cm³/mol. The molecule has 6 aromatic carbocycles. The minimum absolute atomic E-state index is 0.00389. The molecule has 662 valence electrons. The van der Waals surface area contributed by atoms with Crippen molar-refractivity contribution in [2.45, 2.75) is 141 Å². The smallest absolute Gasteiger partial charge is 0.307 e. The summed E-state index contributed by atoms with van der Waals surface area (Å²) in [7, 11) is -5.59. The summed E-state index contributed by atoms with van der Waals surface area (Å²) in [5.74, 6) is -5.14. The summed E-state index contributed by atoms with van der Waals surface area (Å²) < 4.78 is 121. The van der Waals surface area contributed by atoms with Gasteiger partial charge in [-0.05, 0) is 183 Å². The first kappa shape index (κ1) is 97.1. The van der Waals surface area contributed by atoms with E-state index in [0.717, 1.165) is 56.6 Å². The Bertz CT molecular complexity index is 4720. The minimum atomic E-state index is -3.92. The molecule has 26 nitrogen and oxygen atoms in total. The molecule has 4 aliphatic rings. The average Bonchev–Trinajstić information content (AvgIpc) is 0.775. The standard InChI is InChI=1S/C86H110Cl6N8O18S3/c1-98-54-74(71-48-61(87)51-78(90)76(71)56-98)59-12-6-15-65(45-59)119(107,108)44-10-33-114-39-40-115-34-27-93-81(102)21-25-86(97-84(104)69-18-4-5-19-70(69)85(105)106,24-20-64(101)14-9-32-113-38-41-117-36-29-96-121(111,112)67-17-8-13-60(47-67)75-55-99(2)57-77-72(75)49-62(88)52-79(77)91)26-22-82(103)94-28-35-116-42-43-118-37-30-95-120(109,110)66-16-7-11-58(46-66)68-23-31-100(3)83-73(68)50-63(89)53-80(83)92/h6-8,11-13,15-17,45-53,68-70,74-75,95-96H,4-5,9-10,14,18-44,54-57H2,1-3H3,(H,93,102)(H,94,103)(H,97,104)(H,105,106)/t68-,69-,70-,74-,75-,86?/m0/s1. The number of hydrogen-bond acceptors (Lipinski definition) is 20. The molecule has 1 unspecified atom stereocenters. The Labute approximate surface area is 740 Å². The molecule has 0 aromatic heterocycles. The maximum Gasteiger partial charge on any atom is 0.307 e. The molecule has 35 heteroatoms. The number of halogens is 6. The van der Waals surface area contributed by atoms with Gasteiger partial charge < -0.3 is 64.2 Å². The summed E-state index contributed by atoms with van der Waals surface area (Å²) in [4.78, 5) is 75.3. The highest BCUT2D eigenvalue weighted by Gasteiger charge is 2.41. The molecule has 3 amide bonds. The normalized spacial score (nSPS) is 18.2. The Kier molecular flexibility index (Phi) is 37.6. The van der Waals surface area contributed by atoms with Gasteiger partial charge in [0.05, 0.1) is 109 Å². The predicted octanol–water partition coefficient (Wildman–Crippen LogP) is 12.6. The van der Waals surface area contributed by atoms with Crippen LogP contribution in [0.3, 0.4) is 0 Å². The van der Waals surface area contributed by atoms with Crippen LogP contribution in [-0.4, -0.2) is 227 Å². The van der Waals surface area contributed by atoms with Crippen LogP contribution in [0.15, 0.2) is 124 Å². The quantitative estimate of drug-likeness (QED) is 0.0193. The van der Waals surface area contributed by atoms with E-state index in [1.807, 2.05) is 57.5 Å². The van der Waals surface area contributed by atoms with E-state index < -0.39 is 70.9 Å². The van der Waals surface area contributed by atoms with Crippen LogP contribution in [0.25, 0.3) is 0 Å². The Hall–Kier alpha value is -6.14. The number of anilines is 1. The van der Waals surface area contributed by atoms with E-state index in [9.17, 15) is 54.3 Å². The molecule has 6 aromatic rings. The topological polar surface area (TPSA) is 333 Å². The lowest BCUT2D eigenvalue weighted by molar-refractivity contribution is -0.149. The van der Waals surface area contributed by atoms with Crippen LogP contribution in [0, 0.1) is 11.8 Å². The summed E-state index contributed by atoms with van der Waals surface area (Å²) in [6.45, 7) is 4.87. The molecule has 3 heterocycles. The third-order valence-corrected chi connectivity index (χ3v) is 28.8. The van der Waals surface area contributed by atoms with Crippen molar-refractivity contribution >= 4 is 135 Å². The van der Waals surface area contributed by atoms with Gasteiger partial charge in [-0.2, -0.15) is 0 Å². The van der Waals surface area contributed by atoms with Gasteiger partial charge in [-0.1, -0.05) is 119 Å². The Balaban J connectivity index is 0.677. The molecule has 121 heavy (non-hydrogen) atoms. The number of nitrogens with one attached hydrogen (secondary N) is 5. The molecule has 6 atom stereocenters. The second-order valence-electron chi connectivity index (χ2n) is 31.3. The van der Waals surface area contributed by atoms with Crippen LogP contribution < -0.4 is 30.3 Å². The molecule has 1 aliphatic carbocycles. The first-order valence-electron chi connectivity index (χ1n) is 41.0. The van der Waals surface area contributed by atoms with Crippen molar-refractivity contribution in [2.24, 2.45) is 11.8 Å². The number of benzene rings is 6. The number of rotatable bonds is 49. The summed E-state index contributed by atoms with van der Waals surface area (Å²) in [5, 5.41) is 22.2. The van der Waals surface area contributed by atoms with Crippen LogP contribution in [0.4, 0.5) is 5.69 Å². The lowest BCUT2D eigenvalue weighted by atomic mass is 9.77. The maximum atomic E-state index is 14.5. The number of ketones is 1.